The molecule has 2 N–H and O–H groups in total. The Morgan fingerprint density at radius 1 is 1.21 bits per heavy atom. The average molecular weight is 487 g/mol. The fraction of sp³-hybridized carbons (Fsp3) is 0.348. The number of aryl methyl sites for hydroxylation is 1. The summed E-state index contributed by atoms with van der Waals surface area (Å²) >= 11 is 0. The molecule has 0 saturated carbocycles. The van der Waals surface area contributed by atoms with Crippen LogP contribution in [-0.2, 0) is 31.6 Å². The van der Waals surface area contributed by atoms with Crippen LogP contribution in [0.5, 0.6) is 5.75 Å². The van der Waals surface area contributed by atoms with Gasteiger partial charge in [0.05, 0.1) is 7.11 Å². The molecule has 4 amide bonds. The van der Waals surface area contributed by atoms with E-state index < -0.39 is 40.0 Å². The minimum absolute atomic E-state index is 0.120. The van der Waals surface area contributed by atoms with Crippen LogP contribution >= 0.6 is 0 Å². The number of nitrogens with zero attached hydrogens (tertiary/aromatic N) is 2. The van der Waals surface area contributed by atoms with Crippen molar-refractivity contribution in [2.45, 2.75) is 29.7 Å². The molecule has 1 saturated heterocycles. The van der Waals surface area contributed by atoms with Crippen molar-refractivity contribution in [3.8, 4) is 5.75 Å². The number of fused-ring (bicyclic) bond motifs is 2. The number of amides is 4. The van der Waals surface area contributed by atoms with Crippen molar-refractivity contribution >= 4 is 33.6 Å². The van der Waals surface area contributed by atoms with E-state index in [0.29, 0.717) is 6.42 Å². The van der Waals surface area contributed by atoms with E-state index in [0.717, 1.165) is 33.2 Å². The first kappa shape index (κ1) is 23.7. The maximum atomic E-state index is 13.3. The number of hydrogen-bond acceptors (Lipinski definition) is 6. The number of hydrogen-bond donors (Lipinski definition) is 2. The number of ether oxygens (including phenoxy) is 1. The summed E-state index contributed by atoms with van der Waals surface area (Å²) < 4.78 is 31.4. The van der Waals surface area contributed by atoms with Crippen LogP contribution in [-0.4, -0.2) is 63.2 Å². The predicted octanol–water partition coefficient (Wildman–Crippen LogP) is 1.67. The monoisotopic (exact) mass is 486 g/mol. The van der Waals surface area contributed by atoms with Gasteiger partial charge in [-0.05, 0) is 48.6 Å². The predicted molar refractivity (Wildman–Crippen MR) is 124 cm³/mol. The van der Waals surface area contributed by atoms with E-state index in [4.69, 9.17) is 4.74 Å². The summed E-state index contributed by atoms with van der Waals surface area (Å²) in [6.07, 6.45) is 2.01. The van der Waals surface area contributed by atoms with Crippen LogP contribution in [0, 0.1) is 0 Å². The summed E-state index contributed by atoms with van der Waals surface area (Å²) in [7, 11) is 0.281. The van der Waals surface area contributed by atoms with E-state index in [1.54, 1.807) is 0 Å². The topological polar surface area (TPSA) is 125 Å². The number of urea groups is 1. The first-order valence-corrected chi connectivity index (χ1v) is 12.2. The molecule has 2 aromatic carbocycles. The summed E-state index contributed by atoms with van der Waals surface area (Å²) in [5, 5.41) is 5.38. The van der Waals surface area contributed by atoms with Crippen LogP contribution in [0.2, 0.25) is 0 Å². The molecule has 1 unspecified atom stereocenters. The molecule has 10 nitrogen and oxygen atoms in total. The van der Waals surface area contributed by atoms with Crippen LogP contribution in [0.4, 0.5) is 10.5 Å². The molecule has 1 atom stereocenters. The Kier molecular flexibility index (Phi) is 6.09. The van der Waals surface area contributed by atoms with Gasteiger partial charge in [0.15, 0.2) is 0 Å². The standard InChI is InChI=1S/C23H26N4O6S/c1-26(2)34(31,32)19-13-16(10-11-18(19)33-3)24-20(28)14-27-21(29)23(25-22(27)30)12-6-8-15-7-4-5-9-17(15)23/h4-5,7,9-11,13H,6,8,12,14H2,1-3H3,(H,24,28)(H,25,30). The van der Waals surface area contributed by atoms with Gasteiger partial charge in [-0.3, -0.25) is 14.5 Å². The van der Waals surface area contributed by atoms with Crippen LogP contribution in [0.1, 0.15) is 24.0 Å². The van der Waals surface area contributed by atoms with Crippen LogP contribution in [0.25, 0.3) is 0 Å². The second-order valence-electron chi connectivity index (χ2n) is 8.44. The molecule has 1 fully saturated rings. The Morgan fingerprint density at radius 3 is 2.65 bits per heavy atom. The fourth-order valence-electron chi connectivity index (χ4n) is 4.45. The van der Waals surface area contributed by atoms with E-state index in [1.165, 1.54) is 39.4 Å². The zero-order valence-electron chi connectivity index (χ0n) is 19.1. The second kappa shape index (κ2) is 8.73. The molecule has 34 heavy (non-hydrogen) atoms. The molecule has 2 aliphatic rings. The number of carbonyl (C=O) groups is 3. The van der Waals surface area contributed by atoms with Crippen molar-refractivity contribution < 1.29 is 27.5 Å². The van der Waals surface area contributed by atoms with E-state index in [9.17, 15) is 22.8 Å². The summed E-state index contributed by atoms with van der Waals surface area (Å²) in [5.41, 5.74) is 0.785. The largest absolute Gasteiger partial charge is 0.495 e. The molecule has 2 aromatic rings. The first-order chi connectivity index (χ1) is 16.1. The number of carbonyl (C=O) groups excluding carboxylic acids is 3. The van der Waals surface area contributed by atoms with E-state index in [1.807, 2.05) is 24.3 Å². The Morgan fingerprint density at radius 2 is 1.94 bits per heavy atom. The van der Waals surface area contributed by atoms with Gasteiger partial charge >= 0.3 is 6.03 Å². The molecule has 11 heteroatoms. The van der Waals surface area contributed by atoms with E-state index in [-0.39, 0.29) is 16.3 Å². The Hall–Kier alpha value is -3.44. The fourth-order valence-corrected chi connectivity index (χ4v) is 5.53. The first-order valence-electron chi connectivity index (χ1n) is 10.7. The van der Waals surface area contributed by atoms with Gasteiger partial charge in [-0.25, -0.2) is 17.5 Å². The zero-order valence-corrected chi connectivity index (χ0v) is 19.9. The Balaban J connectivity index is 1.55. The molecule has 0 aromatic heterocycles. The minimum Gasteiger partial charge on any atom is -0.495 e. The molecule has 1 spiro atoms. The highest BCUT2D eigenvalue weighted by Crippen LogP contribution is 2.39. The lowest BCUT2D eigenvalue weighted by Crippen LogP contribution is -2.47. The van der Waals surface area contributed by atoms with Crippen molar-refractivity contribution in [3.05, 3.63) is 53.6 Å². The van der Waals surface area contributed by atoms with Crippen LogP contribution in [0.3, 0.4) is 0 Å². The molecule has 1 aliphatic carbocycles. The molecule has 1 aliphatic heterocycles. The number of sulfonamides is 1. The van der Waals surface area contributed by atoms with Gasteiger partial charge < -0.3 is 15.4 Å². The Bertz CT molecular complexity index is 1280. The number of methoxy groups -OCH3 is 1. The minimum atomic E-state index is -3.84. The number of benzene rings is 2. The van der Waals surface area contributed by atoms with Crippen molar-refractivity contribution in [2.24, 2.45) is 0 Å². The highest BCUT2D eigenvalue weighted by molar-refractivity contribution is 7.89. The highest BCUT2D eigenvalue weighted by atomic mass is 32.2. The number of nitrogens with one attached hydrogen (secondary N) is 2. The van der Waals surface area contributed by atoms with E-state index in [2.05, 4.69) is 10.6 Å². The Labute approximate surface area is 197 Å². The third kappa shape index (κ3) is 3.90. The molecular formula is C23H26N4O6S. The summed E-state index contributed by atoms with van der Waals surface area (Å²) in [4.78, 5) is 39.6. The van der Waals surface area contributed by atoms with Crippen LogP contribution < -0.4 is 15.4 Å². The number of anilines is 1. The number of rotatable bonds is 6. The highest BCUT2D eigenvalue weighted by Gasteiger charge is 2.54. The molecule has 180 valence electrons. The van der Waals surface area contributed by atoms with Gasteiger partial charge in [0.25, 0.3) is 5.91 Å². The third-order valence-corrected chi connectivity index (χ3v) is 7.99. The van der Waals surface area contributed by atoms with Crippen molar-refractivity contribution in [3.63, 3.8) is 0 Å². The SMILES string of the molecule is COc1ccc(NC(=O)CN2C(=O)NC3(CCCc4ccccc43)C2=O)cc1S(=O)(=O)N(C)C. The molecule has 1 heterocycles. The maximum Gasteiger partial charge on any atom is 0.325 e. The maximum absolute atomic E-state index is 13.3. The summed E-state index contributed by atoms with van der Waals surface area (Å²) in [6.45, 7) is -0.504. The van der Waals surface area contributed by atoms with Gasteiger partial charge in [0.2, 0.25) is 15.9 Å². The lowest BCUT2D eigenvalue weighted by atomic mass is 9.76. The van der Waals surface area contributed by atoms with Gasteiger partial charge in [0, 0.05) is 19.8 Å². The van der Waals surface area contributed by atoms with Gasteiger partial charge in [0.1, 0.15) is 22.7 Å². The quantitative estimate of drug-likeness (QED) is 0.599. The lowest BCUT2D eigenvalue weighted by molar-refractivity contribution is -0.134. The smallest absolute Gasteiger partial charge is 0.325 e. The van der Waals surface area contributed by atoms with Crippen molar-refractivity contribution in [1.29, 1.82) is 0 Å². The third-order valence-electron chi connectivity index (χ3n) is 6.16. The van der Waals surface area contributed by atoms with Gasteiger partial charge in [-0.15, -0.1) is 0 Å². The van der Waals surface area contributed by atoms with Gasteiger partial charge in [-0.2, -0.15) is 0 Å². The van der Waals surface area contributed by atoms with E-state index >= 15 is 0 Å². The molecule has 0 radical (unpaired) electrons. The lowest BCUT2D eigenvalue weighted by Gasteiger charge is -2.33. The molecule has 0 bridgehead atoms. The molecule has 4 rings (SSSR count). The van der Waals surface area contributed by atoms with Gasteiger partial charge in [-0.1, -0.05) is 24.3 Å². The second-order valence-corrected chi connectivity index (χ2v) is 10.6. The summed E-state index contributed by atoms with van der Waals surface area (Å²) in [5.74, 6) is -0.980. The van der Waals surface area contributed by atoms with Crippen molar-refractivity contribution in [1.82, 2.24) is 14.5 Å². The normalized spacial score (nSPS) is 19.8. The summed E-state index contributed by atoms with van der Waals surface area (Å²) in [6, 6.07) is 11.0. The zero-order chi connectivity index (χ0) is 24.7. The van der Waals surface area contributed by atoms with Crippen molar-refractivity contribution in [2.75, 3.05) is 33.1 Å². The molecular weight excluding hydrogens is 460 g/mol. The number of imide groups is 1. The average Bonchev–Trinajstić information content (AvgIpc) is 3.03. The van der Waals surface area contributed by atoms with Crippen LogP contribution in [0.15, 0.2) is 47.4 Å².